The third-order valence-electron chi connectivity index (χ3n) is 2.81. The number of nitrogens with zero attached hydrogens (tertiary/aromatic N) is 1. The molecule has 1 unspecified atom stereocenters. The molecule has 0 spiro atoms. The standard InChI is InChI=1S/C14H17BrN2S/c1-9(16)3-8-13-10(2)17-14(18-13)11-4-6-12(15)7-5-11/h4-7,9H,3,8,16H2,1-2H3. The van der Waals surface area contributed by atoms with Crippen LogP contribution in [-0.2, 0) is 6.42 Å². The van der Waals surface area contributed by atoms with Crippen molar-refractivity contribution in [3.8, 4) is 10.6 Å². The highest BCUT2D eigenvalue weighted by molar-refractivity contribution is 9.10. The van der Waals surface area contributed by atoms with Crippen LogP contribution in [-0.4, -0.2) is 11.0 Å². The number of aromatic nitrogens is 1. The highest BCUT2D eigenvalue weighted by atomic mass is 79.9. The lowest BCUT2D eigenvalue weighted by Crippen LogP contribution is -2.15. The third-order valence-corrected chi connectivity index (χ3v) is 4.61. The average molecular weight is 325 g/mol. The second-order valence-electron chi connectivity index (χ2n) is 4.55. The summed E-state index contributed by atoms with van der Waals surface area (Å²) < 4.78 is 1.09. The third kappa shape index (κ3) is 3.40. The molecule has 2 N–H and O–H groups in total. The van der Waals surface area contributed by atoms with Gasteiger partial charge in [-0.2, -0.15) is 0 Å². The van der Waals surface area contributed by atoms with Crippen LogP contribution < -0.4 is 5.73 Å². The minimum absolute atomic E-state index is 0.252. The van der Waals surface area contributed by atoms with Crippen molar-refractivity contribution in [3.63, 3.8) is 0 Å². The topological polar surface area (TPSA) is 38.9 Å². The van der Waals surface area contributed by atoms with Crippen LogP contribution in [0, 0.1) is 6.92 Å². The molecule has 0 saturated carbocycles. The molecule has 2 rings (SSSR count). The van der Waals surface area contributed by atoms with Crippen LogP contribution in [0.3, 0.4) is 0 Å². The molecule has 1 atom stereocenters. The van der Waals surface area contributed by atoms with Crippen LogP contribution >= 0.6 is 27.3 Å². The van der Waals surface area contributed by atoms with Gasteiger partial charge in [-0.25, -0.2) is 4.98 Å². The Bertz CT molecular complexity index is 517. The maximum atomic E-state index is 5.80. The quantitative estimate of drug-likeness (QED) is 0.917. The first-order chi connectivity index (χ1) is 8.56. The first kappa shape index (κ1) is 13.7. The molecular weight excluding hydrogens is 308 g/mol. The summed E-state index contributed by atoms with van der Waals surface area (Å²) in [6.45, 7) is 4.13. The lowest BCUT2D eigenvalue weighted by molar-refractivity contribution is 0.668. The van der Waals surface area contributed by atoms with Crippen LogP contribution in [0.5, 0.6) is 0 Å². The Morgan fingerprint density at radius 2 is 2.00 bits per heavy atom. The fourth-order valence-electron chi connectivity index (χ4n) is 1.73. The Kier molecular flexibility index (Phi) is 4.54. The molecule has 1 heterocycles. The van der Waals surface area contributed by atoms with Gasteiger partial charge in [0.1, 0.15) is 5.01 Å². The van der Waals surface area contributed by atoms with Gasteiger partial charge in [0.05, 0.1) is 5.69 Å². The van der Waals surface area contributed by atoms with Crippen molar-refractivity contribution >= 4 is 27.3 Å². The lowest BCUT2D eigenvalue weighted by atomic mass is 10.1. The van der Waals surface area contributed by atoms with E-state index in [0.717, 1.165) is 28.0 Å². The van der Waals surface area contributed by atoms with Gasteiger partial charge in [0, 0.05) is 21.0 Å². The van der Waals surface area contributed by atoms with E-state index in [2.05, 4.69) is 40.0 Å². The summed E-state index contributed by atoms with van der Waals surface area (Å²) in [5.74, 6) is 0. The van der Waals surface area contributed by atoms with Gasteiger partial charge in [-0.05, 0) is 38.8 Å². The Hall–Kier alpha value is -0.710. The van der Waals surface area contributed by atoms with E-state index in [1.54, 1.807) is 11.3 Å². The van der Waals surface area contributed by atoms with Crippen LogP contribution in [0.1, 0.15) is 23.9 Å². The molecular formula is C14H17BrN2S. The molecule has 0 aliphatic carbocycles. The average Bonchev–Trinajstić information content (AvgIpc) is 2.69. The molecule has 1 aromatic heterocycles. The molecule has 0 saturated heterocycles. The number of hydrogen-bond donors (Lipinski definition) is 1. The second kappa shape index (κ2) is 5.95. The minimum atomic E-state index is 0.252. The number of hydrogen-bond acceptors (Lipinski definition) is 3. The smallest absolute Gasteiger partial charge is 0.123 e. The van der Waals surface area contributed by atoms with Crippen molar-refractivity contribution in [3.05, 3.63) is 39.3 Å². The first-order valence-corrected chi connectivity index (χ1v) is 7.65. The monoisotopic (exact) mass is 324 g/mol. The zero-order chi connectivity index (χ0) is 13.1. The molecule has 4 heteroatoms. The van der Waals surface area contributed by atoms with Gasteiger partial charge in [-0.3, -0.25) is 0 Å². The fraction of sp³-hybridized carbons (Fsp3) is 0.357. The number of halogens is 1. The Labute approximate surface area is 120 Å². The largest absolute Gasteiger partial charge is 0.328 e. The van der Waals surface area contributed by atoms with Gasteiger partial charge >= 0.3 is 0 Å². The maximum absolute atomic E-state index is 5.80. The summed E-state index contributed by atoms with van der Waals surface area (Å²) in [6.07, 6.45) is 2.04. The van der Waals surface area contributed by atoms with E-state index in [0.29, 0.717) is 0 Å². The Morgan fingerprint density at radius 1 is 1.33 bits per heavy atom. The van der Waals surface area contributed by atoms with E-state index in [-0.39, 0.29) is 6.04 Å². The SMILES string of the molecule is Cc1nc(-c2ccc(Br)cc2)sc1CCC(C)N. The summed E-state index contributed by atoms with van der Waals surface area (Å²) in [7, 11) is 0. The number of thiazole rings is 1. The van der Waals surface area contributed by atoms with Gasteiger partial charge in [0.15, 0.2) is 0 Å². The second-order valence-corrected chi connectivity index (χ2v) is 6.55. The van der Waals surface area contributed by atoms with E-state index >= 15 is 0 Å². The van der Waals surface area contributed by atoms with Crippen molar-refractivity contribution in [2.75, 3.05) is 0 Å². The van der Waals surface area contributed by atoms with E-state index in [9.17, 15) is 0 Å². The molecule has 96 valence electrons. The molecule has 0 aliphatic heterocycles. The van der Waals surface area contributed by atoms with Gasteiger partial charge in [0.25, 0.3) is 0 Å². The predicted octanol–water partition coefficient (Wildman–Crippen LogP) is 4.16. The number of aryl methyl sites for hydroxylation is 2. The lowest BCUT2D eigenvalue weighted by Gasteiger charge is -2.02. The summed E-state index contributed by atoms with van der Waals surface area (Å²) in [6, 6.07) is 8.54. The number of nitrogens with two attached hydrogens (primary N) is 1. The Balaban J connectivity index is 2.20. The van der Waals surface area contributed by atoms with Crippen LogP contribution in [0.15, 0.2) is 28.7 Å². The summed E-state index contributed by atoms with van der Waals surface area (Å²) in [5, 5.41) is 1.10. The Morgan fingerprint density at radius 3 is 2.61 bits per heavy atom. The van der Waals surface area contributed by atoms with E-state index in [4.69, 9.17) is 5.73 Å². The van der Waals surface area contributed by atoms with Crippen molar-refractivity contribution in [1.82, 2.24) is 4.98 Å². The molecule has 2 nitrogen and oxygen atoms in total. The van der Waals surface area contributed by atoms with Crippen LogP contribution in [0.25, 0.3) is 10.6 Å². The number of benzene rings is 1. The van der Waals surface area contributed by atoms with Gasteiger partial charge in [-0.15, -0.1) is 11.3 Å². The van der Waals surface area contributed by atoms with Crippen molar-refractivity contribution in [2.24, 2.45) is 5.73 Å². The number of rotatable bonds is 4. The maximum Gasteiger partial charge on any atom is 0.123 e. The van der Waals surface area contributed by atoms with Gasteiger partial charge in [0.2, 0.25) is 0 Å². The highest BCUT2D eigenvalue weighted by Gasteiger charge is 2.09. The minimum Gasteiger partial charge on any atom is -0.328 e. The fourth-order valence-corrected chi connectivity index (χ4v) is 3.08. The summed E-state index contributed by atoms with van der Waals surface area (Å²) >= 11 is 5.23. The molecule has 0 bridgehead atoms. The highest BCUT2D eigenvalue weighted by Crippen LogP contribution is 2.29. The summed E-state index contributed by atoms with van der Waals surface area (Å²) in [5.41, 5.74) is 8.12. The van der Waals surface area contributed by atoms with Crippen molar-refractivity contribution < 1.29 is 0 Å². The molecule has 0 radical (unpaired) electrons. The zero-order valence-corrected chi connectivity index (χ0v) is 13.0. The summed E-state index contributed by atoms with van der Waals surface area (Å²) in [4.78, 5) is 6.00. The first-order valence-electron chi connectivity index (χ1n) is 6.04. The molecule has 1 aromatic carbocycles. The predicted molar refractivity (Wildman–Crippen MR) is 82.0 cm³/mol. The normalized spacial score (nSPS) is 12.7. The zero-order valence-electron chi connectivity index (χ0n) is 10.6. The molecule has 18 heavy (non-hydrogen) atoms. The van der Waals surface area contributed by atoms with E-state index in [1.165, 1.54) is 10.4 Å². The van der Waals surface area contributed by atoms with Crippen molar-refractivity contribution in [2.45, 2.75) is 32.7 Å². The van der Waals surface area contributed by atoms with Gasteiger partial charge in [-0.1, -0.05) is 28.1 Å². The molecule has 2 aromatic rings. The molecule has 0 fully saturated rings. The van der Waals surface area contributed by atoms with Crippen LogP contribution in [0.4, 0.5) is 0 Å². The van der Waals surface area contributed by atoms with E-state index in [1.807, 2.05) is 19.1 Å². The van der Waals surface area contributed by atoms with Crippen molar-refractivity contribution in [1.29, 1.82) is 0 Å². The molecule has 0 aliphatic rings. The van der Waals surface area contributed by atoms with Crippen LogP contribution in [0.2, 0.25) is 0 Å². The van der Waals surface area contributed by atoms with Gasteiger partial charge < -0.3 is 5.73 Å². The molecule has 0 amide bonds. The van der Waals surface area contributed by atoms with E-state index < -0.39 is 0 Å².